The zero-order valence-electron chi connectivity index (χ0n) is 16.1. The van der Waals surface area contributed by atoms with E-state index in [4.69, 9.17) is 9.47 Å². The minimum absolute atomic E-state index is 0.00825. The van der Waals surface area contributed by atoms with Crippen molar-refractivity contribution in [3.05, 3.63) is 59.4 Å². The molecule has 1 unspecified atom stereocenters. The molecule has 2 aromatic rings. The molecule has 1 aliphatic heterocycles. The lowest BCUT2D eigenvalue weighted by Crippen LogP contribution is -2.46. The summed E-state index contributed by atoms with van der Waals surface area (Å²) in [5.74, 6) is 0.962. The average molecular weight is 371 g/mol. The molecule has 2 aromatic carbocycles. The predicted octanol–water partition coefficient (Wildman–Crippen LogP) is 4.28. The molecule has 1 heterocycles. The minimum atomic E-state index is -0.536. The summed E-state index contributed by atoms with van der Waals surface area (Å²) in [5.41, 5.74) is 2.12. The Kier molecular flexibility index (Phi) is 5.99. The van der Waals surface area contributed by atoms with Gasteiger partial charge in [0, 0.05) is 32.0 Å². The van der Waals surface area contributed by atoms with Gasteiger partial charge in [0.25, 0.3) is 5.91 Å². The molecule has 0 saturated carbocycles. The highest BCUT2D eigenvalue weighted by atomic mass is 19.1. The van der Waals surface area contributed by atoms with E-state index in [0.717, 1.165) is 29.7 Å². The fraction of sp³-hybridized carbons (Fsp3) is 0.409. The lowest BCUT2D eigenvalue weighted by atomic mass is 10.1. The van der Waals surface area contributed by atoms with Gasteiger partial charge in [-0.3, -0.25) is 4.79 Å². The van der Waals surface area contributed by atoms with Crippen molar-refractivity contribution in [2.45, 2.75) is 45.8 Å². The molecular formula is C22H26FNO3. The van der Waals surface area contributed by atoms with Crippen LogP contribution in [-0.2, 0) is 4.79 Å². The Bertz CT molecular complexity index is 800. The first-order valence-electron chi connectivity index (χ1n) is 9.37. The highest BCUT2D eigenvalue weighted by Crippen LogP contribution is 2.23. The third-order valence-electron chi connectivity index (χ3n) is 4.85. The van der Waals surface area contributed by atoms with Gasteiger partial charge >= 0.3 is 0 Å². The van der Waals surface area contributed by atoms with Crippen molar-refractivity contribution in [2.24, 2.45) is 0 Å². The average Bonchev–Trinajstić information content (AvgIpc) is 2.65. The van der Waals surface area contributed by atoms with Gasteiger partial charge in [-0.1, -0.05) is 18.2 Å². The van der Waals surface area contributed by atoms with Crippen LogP contribution in [0.1, 0.15) is 30.9 Å². The lowest BCUT2D eigenvalue weighted by Gasteiger charge is -2.33. The van der Waals surface area contributed by atoms with Crippen LogP contribution in [0, 0.1) is 19.7 Å². The summed E-state index contributed by atoms with van der Waals surface area (Å²) in [7, 11) is 0. The number of benzene rings is 2. The molecule has 0 bridgehead atoms. The molecule has 1 atom stereocenters. The van der Waals surface area contributed by atoms with Crippen molar-refractivity contribution in [3.63, 3.8) is 0 Å². The Labute approximate surface area is 159 Å². The minimum Gasteiger partial charge on any atom is -0.490 e. The maximum Gasteiger partial charge on any atom is 0.263 e. The van der Waals surface area contributed by atoms with Crippen molar-refractivity contribution in [1.82, 2.24) is 4.90 Å². The van der Waals surface area contributed by atoms with Gasteiger partial charge in [0.1, 0.15) is 23.4 Å². The first kappa shape index (κ1) is 19.2. The first-order valence-corrected chi connectivity index (χ1v) is 9.37. The quantitative estimate of drug-likeness (QED) is 0.787. The summed E-state index contributed by atoms with van der Waals surface area (Å²) in [4.78, 5) is 14.5. The van der Waals surface area contributed by atoms with Crippen molar-refractivity contribution in [1.29, 1.82) is 0 Å². The van der Waals surface area contributed by atoms with Crippen LogP contribution in [0.3, 0.4) is 0 Å². The number of hydrogen-bond acceptors (Lipinski definition) is 3. The van der Waals surface area contributed by atoms with Gasteiger partial charge in [0.15, 0.2) is 6.10 Å². The number of amides is 1. The van der Waals surface area contributed by atoms with Crippen LogP contribution in [0.15, 0.2) is 42.5 Å². The molecule has 0 aromatic heterocycles. The summed E-state index contributed by atoms with van der Waals surface area (Å²) in [6.45, 7) is 6.99. The van der Waals surface area contributed by atoms with Crippen molar-refractivity contribution in [3.8, 4) is 11.5 Å². The molecule has 0 aliphatic carbocycles. The van der Waals surface area contributed by atoms with E-state index in [0.29, 0.717) is 18.8 Å². The Morgan fingerprint density at radius 2 is 1.89 bits per heavy atom. The van der Waals surface area contributed by atoms with Gasteiger partial charge in [-0.2, -0.15) is 0 Å². The second kappa shape index (κ2) is 8.42. The third-order valence-corrected chi connectivity index (χ3v) is 4.85. The molecule has 0 spiro atoms. The van der Waals surface area contributed by atoms with E-state index >= 15 is 0 Å². The summed E-state index contributed by atoms with van der Waals surface area (Å²) < 4.78 is 25.0. The molecule has 27 heavy (non-hydrogen) atoms. The van der Waals surface area contributed by atoms with Crippen LogP contribution in [0.4, 0.5) is 4.39 Å². The van der Waals surface area contributed by atoms with Crippen LogP contribution in [-0.4, -0.2) is 36.1 Å². The van der Waals surface area contributed by atoms with E-state index in [1.54, 1.807) is 19.1 Å². The summed E-state index contributed by atoms with van der Waals surface area (Å²) in [6, 6.07) is 12.1. The van der Waals surface area contributed by atoms with Crippen LogP contribution in [0.2, 0.25) is 0 Å². The second-order valence-electron chi connectivity index (χ2n) is 7.13. The van der Waals surface area contributed by atoms with Gasteiger partial charge in [0.05, 0.1) is 0 Å². The Morgan fingerprint density at radius 1 is 1.15 bits per heavy atom. The zero-order chi connectivity index (χ0) is 19.4. The predicted molar refractivity (Wildman–Crippen MR) is 103 cm³/mol. The Balaban J connectivity index is 1.52. The number of likely N-dealkylation sites (tertiary alicyclic amines) is 1. The van der Waals surface area contributed by atoms with E-state index in [1.807, 2.05) is 36.9 Å². The molecule has 4 nitrogen and oxygen atoms in total. The second-order valence-corrected chi connectivity index (χ2v) is 7.13. The smallest absolute Gasteiger partial charge is 0.263 e. The highest BCUT2D eigenvalue weighted by Gasteiger charge is 2.28. The van der Waals surface area contributed by atoms with E-state index < -0.39 is 6.10 Å². The number of aryl methyl sites for hydroxylation is 2. The summed E-state index contributed by atoms with van der Waals surface area (Å²) >= 11 is 0. The van der Waals surface area contributed by atoms with Gasteiger partial charge in [0.2, 0.25) is 0 Å². The molecule has 1 saturated heterocycles. The summed E-state index contributed by atoms with van der Waals surface area (Å²) in [5, 5.41) is 0. The third kappa shape index (κ3) is 5.00. The van der Waals surface area contributed by atoms with Crippen LogP contribution in [0.5, 0.6) is 11.5 Å². The number of nitrogens with zero attached hydrogens (tertiary/aromatic N) is 1. The number of carbonyl (C=O) groups is 1. The van der Waals surface area contributed by atoms with E-state index in [1.165, 1.54) is 12.1 Å². The van der Waals surface area contributed by atoms with Gasteiger partial charge < -0.3 is 14.4 Å². The standard InChI is InChI=1S/C22H26FNO3/c1-15-7-8-16(2)21(13-15)26-17(3)22(25)24-11-9-19(10-12-24)27-20-6-4-5-18(23)14-20/h4-8,13-14,17,19H,9-12H2,1-3H3. The molecule has 1 aliphatic rings. The molecule has 3 rings (SSSR count). The monoisotopic (exact) mass is 371 g/mol. The maximum atomic E-state index is 13.3. The number of carbonyl (C=O) groups excluding carboxylic acids is 1. The maximum absolute atomic E-state index is 13.3. The zero-order valence-corrected chi connectivity index (χ0v) is 16.1. The van der Waals surface area contributed by atoms with Gasteiger partial charge in [-0.05, 0) is 50.1 Å². The van der Waals surface area contributed by atoms with E-state index in [9.17, 15) is 9.18 Å². The first-order chi connectivity index (χ1) is 12.9. The van der Waals surface area contributed by atoms with Crippen molar-refractivity contribution >= 4 is 5.91 Å². The van der Waals surface area contributed by atoms with Gasteiger partial charge in [-0.25, -0.2) is 4.39 Å². The topological polar surface area (TPSA) is 38.8 Å². The molecule has 0 radical (unpaired) electrons. The van der Waals surface area contributed by atoms with Crippen molar-refractivity contribution < 1.29 is 18.7 Å². The SMILES string of the molecule is Cc1ccc(C)c(OC(C)C(=O)N2CCC(Oc3cccc(F)c3)CC2)c1. The largest absolute Gasteiger partial charge is 0.490 e. The molecule has 0 N–H and O–H groups in total. The van der Waals surface area contributed by atoms with E-state index in [2.05, 4.69) is 0 Å². The number of ether oxygens (including phenoxy) is 2. The lowest BCUT2D eigenvalue weighted by molar-refractivity contribution is -0.139. The molecule has 144 valence electrons. The van der Waals surface area contributed by atoms with Gasteiger partial charge in [-0.15, -0.1) is 0 Å². The van der Waals surface area contributed by atoms with Crippen LogP contribution < -0.4 is 9.47 Å². The molecule has 1 fully saturated rings. The number of rotatable bonds is 5. The van der Waals surface area contributed by atoms with Crippen LogP contribution in [0.25, 0.3) is 0 Å². The van der Waals surface area contributed by atoms with Crippen molar-refractivity contribution in [2.75, 3.05) is 13.1 Å². The summed E-state index contributed by atoms with van der Waals surface area (Å²) in [6.07, 6.45) is 0.897. The highest BCUT2D eigenvalue weighted by molar-refractivity contribution is 5.81. The fourth-order valence-electron chi connectivity index (χ4n) is 3.26. The number of halogens is 1. The molecule has 1 amide bonds. The number of hydrogen-bond donors (Lipinski definition) is 0. The Morgan fingerprint density at radius 3 is 2.59 bits per heavy atom. The molecular weight excluding hydrogens is 345 g/mol. The molecule has 5 heteroatoms. The Hall–Kier alpha value is -2.56. The normalized spacial score (nSPS) is 16.1. The fourth-order valence-corrected chi connectivity index (χ4v) is 3.26. The van der Waals surface area contributed by atoms with Crippen LogP contribution >= 0.6 is 0 Å². The number of piperidine rings is 1. The van der Waals surface area contributed by atoms with E-state index in [-0.39, 0.29) is 17.8 Å².